The van der Waals surface area contributed by atoms with E-state index in [4.69, 9.17) is 5.11 Å². The SMILES string of the molecule is CC1=C(O)C(=O)C(CCO)C=N1. The van der Waals surface area contributed by atoms with E-state index in [0.29, 0.717) is 12.1 Å². The highest BCUT2D eigenvalue weighted by molar-refractivity contribution is 6.06. The third kappa shape index (κ3) is 1.53. The van der Waals surface area contributed by atoms with Crippen molar-refractivity contribution in [3.05, 3.63) is 11.5 Å². The van der Waals surface area contributed by atoms with E-state index in [1.54, 1.807) is 6.92 Å². The van der Waals surface area contributed by atoms with E-state index in [2.05, 4.69) is 4.99 Å². The molecule has 12 heavy (non-hydrogen) atoms. The molecule has 1 rings (SSSR count). The van der Waals surface area contributed by atoms with Gasteiger partial charge in [0.05, 0.1) is 11.6 Å². The summed E-state index contributed by atoms with van der Waals surface area (Å²) in [5, 5.41) is 17.8. The highest BCUT2D eigenvalue weighted by Crippen LogP contribution is 2.16. The third-order valence-electron chi connectivity index (χ3n) is 1.80. The Morgan fingerprint density at radius 1 is 1.67 bits per heavy atom. The maximum atomic E-state index is 11.2. The van der Waals surface area contributed by atoms with Gasteiger partial charge in [-0.3, -0.25) is 9.79 Å². The van der Waals surface area contributed by atoms with Crippen LogP contribution < -0.4 is 0 Å². The topological polar surface area (TPSA) is 69.9 Å². The first-order valence-electron chi connectivity index (χ1n) is 3.76. The van der Waals surface area contributed by atoms with Gasteiger partial charge >= 0.3 is 0 Å². The van der Waals surface area contributed by atoms with Crippen LogP contribution in [0.5, 0.6) is 0 Å². The summed E-state index contributed by atoms with van der Waals surface area (Å²) in [5.41, 5.74) is 0.342. The third-order valence-corrected chi connectivity index (χ3v) is 1.80. The van der Waals surface area contributed by atoms with Crippen molar-refractivity contribution in [2.75, 3.05) is 6.61 Å². The summed E-state index contributed by atoms with van der Waals surface area (Å²) in [7, 11) is 0. The van der Waals surface area contributed by atoms with Gasteiger partial charge in [0.2, 0.25) is 5.78 Å². The quantitative estimate of drug-likeness (QED) is 0.629. The molecule has 0 saturated heterocycles. The molecule has 1 aliphatic rings. The number of ketones is 1. The summed E-state index contributed by atoms with van der Waals surface area (Å²) in [6.07, 6.45) is 1.78. The van der Waals surface area contributed by atoms with Gasteiger partial charge in [-0.05, 0) is 13.3 Å². The Kier molecular flexibility index (Phi) is 2.60. The van der Waals surface area contributed by atoms with E-state index in [9.17, 15) is 9.90 Å². The van der Waals surface area contributed by atoms with E-state index in [1.807, 2.05) is 0 Å². The van der Waals surface area contributed by atoms with Crippen molar-refractivity contribution in [3.63, 3.8) is 0 Å². The largest absolute Gasteiger partial charge is 0.503 e. The van der Waals surface area contributed by atoms with E-state index in [-0.39, 0.29) is 18.1 Å². The molecule has 0 aromatic rings. The standard InChI is InChI=1S/C8H11NO3/c1-5-7(11)8(12)6(2-3-10)4-9-5/h4,6,10-11H,2-3H2,1H3. The molecule has 66 valence electrons. The first kappa shape index (κ1) is 8.93. The minimum Gasteiger partial charge on any atom is -0.503 e. The number of rotatable bonds is 2. The maximum Gasteiger partial charge on any atom is 0.207 e. The fourth-order valence-corrected chi connectivity index (χ4v) is 1.03. The Labute approximate surface area is 70.2 Å². The van der Waals surface area contributed by atoms with Gasteiger partial charge in [-0.1, -0.05) is 0 Å². The summed E-state index contributed by atoms with van der Waals surface area (Å²) in [5.74, 6) is -1.09. The lowest BCUT2D eigenvalue weighted by Crippen LogP contribution is -2.23. The fourth-order valence-electron chi connectivity index (χ4n) is 1.03. The van der Waals surface area contributed by atoms with Gasteiger partial charge < -0.3 is 10.2 Å². The second-order valence-electron chi connectivity index (χ2n) is 2.70. The van der Waals surface area contributed by atoms with Gasteiger partial charge in [0.15, 0.2) is 5.76 Å². The molecule has 1 heterocycles. The predicted molar refractivity (Wildman–Crippen MR) is 44.0 cm³/mol. The molecule has 0 aromatic heterocycles. The first-order chi connectivity index (χ1) is 5.66. The molecular weight excluding hydrogens is 158 g/mol. The number of allylic oxidation sites excluding steroid dienone is 2. The molecule has 0 aromatic carbocycles. The van der Waals surface area contributed by atoms with Crippen LogP contribution in [0.3, 0.4) is 0 Å². The van der Waals surface area contributed by atoms with Gasteiger partial charge in [0.1, 0.15) is 0 Å². The average Bonchev–Trinajstić information content (AvgIpc) is 2.07. The smallest absolute Gasteiger partial charge is 0.207 e. The lowest BCUT2D eigenvalue weighted by atomic mass is 9.98. The van der Waals surface area contributed by atoms with Crippen molar-refractivity contribution in [1.29, 1.82) is 0 Å². The van der Waals surface area contributed by atoms with Crippen molar-refractivity contribution >= 4 is 12.0 Å². The normalized spacial score (nSPS) is 23.5. The van der Waals surface area contributed by atoms with Crippen molar-refractivity contribution in [2.45, 2.75) is 13.3 Å². The van der Waals surface area contributed by atoms with Gasteiger partial charge in [0, 0.05) is 12.8 Å². The molecule has 1 aliphatic heterocycles. The van der Waals surface area contributed by atoms with Crippen LogP contribution in [0, 0.1) is 5.92 Å². The van der Waals surface area contributed by atoms with Crippen LogP contribution in [-0.2, 0) is 4.79 Å². The number of carbonyl (C=O) groups is 1. The Balaban J connectivity index is 2.78. The summed E-state index contributed by atoms with van der Waals surface area (Å²) in [6.45, 7) is 1.49. The zero-order chi connectivity index (χ0) is 9.14. The molecule has 1 unspecified atom stereocenters. The number of Topliss-reactive ketones (excluding diaryl/α,β-unsaturated/α-hetero) is 1. The van der Waals surface area contributed by atoms with Crippen molar-refractivity contribution in [3.8, 4) is 0 Å². The lowest BCUT2D eigenvalue weighted by molar-refractivity contribution is -0.120. The zero-order valence-corrected chi connectivity index (χ0v) is 6.82. The predicted octanol–water partition coefficient (Wildman–Crippen LogP) is 0.428. The minimum atomic E-state index is -0.460. The van der Waals surface area contributed by atoms with Crippen LogP contribution >= 0.6 is 0 Å². The number of hydrogen-bond donors (Lipinski definition) is 2. The molecule has 0 amide bonds. The van der Waals surface area contributed by atoms with Gasteiger partial charge in [-0.2, -0.15) is 0 Å². The van der Waals surface area contributed by atoms with Crippen LogP contribution in [0.1, 0.15) is 13.3 Å². The van der Waals surface area contributed by atoms with Gasteiger partial charge in [0.25, 0.3) is 0 Å². The van der Waals surface area contributed by atoms with E-state index >= 15 is 0 Å². The Hall–Kier alpha value is -1.16. The van der Waals surface area contributed by atoms with Crippen LogP contribution in [0.25, 0.3) is 0 Å². The number of hydrogen-bond acceptors (Lipinski definition) is 4. The Bertz CT molecular complexity index is 255. The molecule has 2 N–H and O–H groups in total. The summed E-state index contributed by atoms with van der Waals surface area (Å²) >= 11 is 0. The van der Waals surface area contributed by atoms with Crippen molar-refractivity contribution < 1.29 is 15.0 Å². The minimum absolute atomic E-state index is 0.0746. The summed E-state index contributed by atoms with van der Waals surface area (Å²) in [6, 6.07) is 0. The fraction of sp³-hybridized carbons (Fsp3) is 0.500. The molecule has 4 heteroatoms. The number of nitrogens with zero attached hydrogens (tertiary/aromatic N) is 1. The van der Waals surface area contributed by atoms with Crippen LogP contribution in [0.15, 0.2) is 16.4 Å². The molecule has 4 nitrogen and oxygen atoms in total. The first-order valence-corrected chi connectivity index (χ1v) is 3.76. The molecule has 0 aliphatic carbocycles. The lowest BCUT2D eigenvalue weighted by Gasteiger charge is -2.13. The maximum absolute atomic E-state index is 11.2. The Morgan fingerprint density at radius 2 is 2.33 bits per heavy atom. The molecule has 0 bridgehead atoms. The molecule has 0 spiro atoms. The molecule has 0 radical (unpaired) electrons. The highest BCUT2D eigenvalue weighted by atomic mass is 16.3. The summed E-state index contributed by atoms with van der Waals surface area (Å²) in [4.78, 5) is 15.0. The summed E-state index contributed by atoms with van der Waals surface area (Å²) < 4.78 is 0. The van der Waals surface area contributed by atoms with E-state index in [0.717, 1.165) is 0 Å². The van der Waals surface area contributed by atoms with Crippen molar-refractivity contribution in [1.82, 2.24) is 0 Å². The van der Waals surface area contributed by atoms with E-state index < -0.39 is 5.92 Å². The second kappa shape index (κ2) is 3.49. The zero-order valence-electron chi connectivity index (χ0n) is 6.82. The van der Waals surface area contributed by atoms with Crippen LogP contribution in [0.2, 0.25) is 0 Å². The highest BCUT2D eigenvalue weighted by Gasteiger charge is 2.24. The molecule has 0 fully saturated rings. The second-order valence-corrected chi connectivity index (χ2v) is 2.70. The molecule has 1 atom stereocenters. The molecular formula is C8H11NO3. The Morgan fingerprint density at radius 3 is 2.92 bits per heavy atom. The van der Waals surface area contributed by atoms with Crippen LogP contribution in [-0.4, -0.2) is 28.8 Å². The number of aliphatic hydroxyl groups excluding tert-OH is 2. The van der Waals surface area contributed by atoms with Gasteiger partial charge in [-0.15, -0.1) is 0 Å². The van der Waals surface area contributed by atoms with E-state index in [1.165, 1.54) is 6.21 Å². The molecule has 0 saturated carbocycles. The average molecular weight is 169 g/mol. The number of aliphatic imine (C=N–C) groups is 1. The van der Waals surface area contributed by atoms with Crippen molar-refractivity contribution in [2.24, 2.45) is 10.9 Å². The number of carbonyl (C=O) groups excluding carboxylic acids is 1. The van der Waals surface area contributed by atoms with Gasteiger partial charge in [-0.25, -0.2) is 0 Å². The monoisotopic (exact) mass is 169 g/mol. The number of aliphatic hydroxyl groups is 2. The van der Waals surface area contributed by atoms with Crippen LogP contribution in [0.4, 0.5) is 0 Å².